The summed E-state index contributed by atoms with van der Waals surface area (Å²) >= 11 is 0. The van der Waals surface area contributed by atoms with E-state index in [1.54, 1.807) is 0 Å². The Labute approximate surface area is 188 Å². The third-order valence-corrected chi connectivity index (χ3v) is 7.86. The number of carbonyl (C=O) groups excluding carboxylic acids is 2. The molecule has 6 atom stereocenters. The van der Waals surface area contributed by atoms with Crippen LogP contribution in [-0.2, 0) is 20.7 Å². The number of amides is 1. The highest BCUT2D eigenvalue weighted by Gasteiger charge is 2.41. The summed E-state index contributed by atoms with van der Waals surface area (Å²) in [7, 11) is 0. The zero-order valence-electron chi connectivity index (χ0n) is 19.9. The number of esters is 1. The Morgan fingerprint density at radius 1 is 1.03 bits per heavy atom. The third-order valence-electron chi connectivity index (χ3n) is 7.86. The molecule has 31 heavy (non-hydrogen) atoms. The molecule has 2 fully saturated rings. The molecule has 0 bridgehead atoms. The van der Waals surface area contributed by atoms with E-state index in [0.717, 1.165) is 36.9 Å². The van der Waals surface area contributed by atoms with Gasteiger partial charge < -0.3 is 9.64 Å². The van der Waals surface area contributed by atoms with E-state index in [9.17, 15) is 9.59 Å². The van der Waals surface area contributed by atoms with Crippen molar-refractivity contribution in [1.29, 1.82) is 0 Å². The van der Waals surface area contributed by atoms with Crippen LogP contribution in [0.1, 0.15) is 71.8 Å². The van der Waals surface area contributed by atoms with Gasteiger partial charge in [-0.3, -0.25) is 9.59 Å². The Morgan fingerprint density at radius 2 is 1.74 bits per heavy atom. The van der Waals surface area contributed by atoms with Crippen LogP contribution >= 0.6 is 0 Å². The summed E-state index contributed by atoms with van der Waals surface area (Å²) in [5, 5.41) is 0. The van der Waals surface area contributed by atoms with Crippen molar-refractivity contribution in [2.24, 2.45) is 29.6 Å². The molecule has 4 nitrogen and oxygen atoms in total. The molecule has 2 aliphatic rings. The van der Waals surface area contributed by atoms with Crippen molar-refractivity contribution in [1.82, 2.24) is 4.90 Å². The lowest BCUT2D eigenvalue weighted by atomic mass is 9.71. The zero-order valence-corrected chi connectivity index (χ0v) is 19.9. The third kappa shape index (κ3) is 6.33. The van der Waals surface area contributed by atoms with Crippen molar-refractivity contribution in [2.75, 3.05) is 13.1 Å². The minimum Gasteiger partial charge on any atom is -0.462 e. The molecule has 1 aromatic carbocycles. The fourth-order valence-corrected chi connectivity index (χ4v) is 5.38. The highest BCUT2D eigenvalue weighted by atomic mass is 16.5. The first-order valence-electron chi connectivity index (χ1n) is 12.4. The first-order chi connectivity index (χ1) is 14.9. The Hall–Kier alpha value is -1.84. The fourth-order valence-electron chi connectivity index (χ4n) is 5.38. The molecular formula is C27H41NO3. The van der Waals surface area contributed by atoms with Gasteiger partial charge in [-0.15, -0.1) is 0 Å². The smallest absolute Gasteiger partial charge is 0.310 e. The second kappa shape index (κ2) is 11.2. The first kappa shape index (κ1) is 23.8. The van der Waals surface area contributed by atoms with Crippen LogP contribution < -0.4 is 0 Å². The lowest BCUT2D eigenvalue weighted by molar-refractivity contribution is -0.155. The number of benzene rings is 1. The molecule has 0 N–H and O–H groups in total. The van der Waals surface area contributed by atoms with E-state index < -0.39 is 5.92 Å². The second-order valence-corrected chi connectivity index (χ2v) is 10.0. The first-order valence-corrected chi connectivity index (χ1v) is 12.4. The molecule has 1 aromatic rings. The van der Waals surface area contributed by atoms with Gasteiger partial charge in [0, 0.05) is 19.5 Å². The molecule has 4 heteroatoms. The van der Waals surface area contributed by atoms with Gasteiger partial charge in [-0.2, -0.15) is 0 Å². The molecule has 1 heterocycles. The molecule has 1 aliphatic carbocycles. The number of nitrogens with zero attached hydrogens (tertiary/aromatic N) is 1. The number of fused-ring (bicyclic) bond motifs is 1. The van der Waals surface area contributed by atoms with Crippen LogP contribution in [0.25, 0.3) is 0 Å². The maximum absolute atomic E-state index is 13.2. The number of likely N-dealkylation sites (tertiary alicyclic amines) is 1. The molecule has 1 saturated heterocycles. The van der Waals surface area contributed by atoms with E-state index in [0.29, 0.717) is 18.3 Å². The standard InChI is InChI=1S/C27H41NO3/c1-5-19(3)22-12-13-23-17-28(18-25(23)15-22)26(29)16-24(27(30)31-20(4)6-2)14-21-10-8-7-9-11-21/h7-11,19-20,22-25H,5-6,12-18H2,1-4H3. The Morgan fingerprint density at radius 3 is 2.42 bits per heavy atom. The topological polar surface area (TPSA) is 46.6 Å². The summed E-state index contributed by atoms with van der Waals surface area (Å²) in [6.45, 7) is 10.3. The monoisotopic (exact) mass is 427 g/mol. The van der Waals surface area contributed by atoms with Crippen molar-refractivity contribution < 1.29 is 14.3 Å². The average Bonchev–Trinajstić information content (AvgIpc) is 3.22. The van der Waals surface area contributed by atoms with Crippen LogP contribution in [0.2, 0.25) is 0 Å². The van der Waals surface area contributed by atoms with E-state index in [4.69, 9.17) is 4.74 Å². The Bertz CT molecular complexity index is 718. The van der Waals surface area contributed by atoms with Crippen molar-refractivity contribution in [3.63, 3.8) is 0 Å². The summed E-state index contributed by atoms with van der Waals surface area (Å²) in [6.07, 6.45) is 6.51. The van der Waals surface area contributed by atoms with Crippen LogP contribution in [0.4, 0.5) is 0 Å². The minimum absolute atomic E-state index is 0.118. The van der Waals surface area contributed by atoms with Gasteiger partial charge in [0.2, 0.25) is 5.91 Å². The quantitative estimate of drug-likeness (QED) is 0.489. The van der Waals surface area contributed by atoms with Gasteiger partial charge in [-0.25, -0.2) is 0 Å². The largest absolute Gasteiger partial charge is 0.462 e. The summed E-state index contributed by atoms with van der Waals surface area (Å²) < 4.78 is 5.64. The van der Waals surface area contributed by atoms with Gasteiger partial charge in [-0.1, -0.05) is 57.5 Å². The average molecular weight is 428 g/mol. The van der Waals surface area contributed by atoms with Crippen molar-refractivity contribution in [3.8, 4) is 0 Å². The van der Waals surface area contributed by atoms with Gasteiger partial charge in [0.1, 0.15) is 0 Å². The van der Waals surface area contributed by atoms with Crippen LogP contribution in [0.3, 0.4) is 0 Å². The normalized spacial score (nSPS) is 26.1. The number of rotatable bonds is 9. The van der Waals surface area contributed by atoms with Gasteiger partial charge in [0.25, 0.3) is 0 Å². The SMILES string of the molecule is CCC(C)OC(=O)C(CC(=O)N1CC2CCC(C(C)CC)CC2C1)Cc1ccccc1. The lowest BCUT2D eigenvalue weighted by Gasteiger charge is -2.34. The maximum Gasteiger partial charge on any atom is 0.310 e. The lowest BCUT2D eigenvalue weighted by Crippen LogP contribution is -2.34. The molecule has 6 unspecified atom stereocenters. The highest BCUT2D eigenvalue weighted by Crippen LogP contribution is 2.42. The van der Waals surface area contributed by atoms with Crippen molar-refractivity contribution >= 4 is 11.9 Å². The molecule has 3 rings (SSSR count). The second-order valence-electron chi connectivity index (χ2n) is 10.0. The summed E-state index contributed by atoms with van der Waals surface area (Å²) in [5.74, 6) is 2.32. The Kier molecular flexibility index (Phi) is 8.57. The predicted molar refractivity (Wildman–Crippen MR) is 124 cm³/mol. The number of ether oxygens (including phenoxy) is 1. The van der Waals surface area contributed by atoms with Crippen molar-refractivity contribution in [2.45, 2.75) is 78.7 Å². The minimum atomic E-state index is -0.417. The predicted octanol–water partition coefficient (Wildman–Crippen LogP) is 5.50. The van der Waals surface area contributed by atoms with Gasteiger partial charge in [0.05, 0.1) is 12.0 Å². The molecule has 0 radical (unpaired) electrons. The van der Waals surface area contributed by atoms with Crippen LogP contribution in [0, 0.1) is 29.6 Å². The molecule has 172 valence electrons. The van der Waals surface area contributed by atoms with E-state index in [1.165, 1.54) is 25.7 Å². The number of hydrogen-bond donors (Lipinski definition) is 0. The van der Waals surface area contributed by atoms with Crippen molar-refractivity contribution in [3.05, 3.63) is 35.9 Å². The van der Waals surface area contributed by atoms with Crippen LogP contribution in [-0.4, -0.2) is 36.0 Å². The maximum atomic E-state index is 13.2. The summed E-state index contributed by atoms with van der Waals surface area (Å²) in [6, 6.07) is 9.97. The zero-order chi connectivity index (χ0) is 22.4. The van der Waals surface area contributed by atoms with E-state index >= 15 is 0 Å². The molecule has 1 amide bonds. The molecule has 0 aromatic heterocycles. The summed E-state index contributed by atoms with van der Waals surface area (Å²) in [5.41, 5.74) is 1.08. The number of carbonyl (C=O) groups is 2. The van der Waals surface area contributed by atoms with E-state index in [1.807, 2.05) is 49.1 Å². The van der Waals surface area contributed by atoms with Crippen LogP contribution in [0.5, 0.6) is 0 Å². The highest BCUT2D eigenvalue weighted by molar-refractivity contribution is 5.83. The molecule has 1 saturated carbocycles. The fraction of sp³-hybridized carbons (Fsp3) is 0.704. The van der Waals surface area contributed by atoms with Gasteiger partial charge in [-0.05, 0) is 68.3 Å². The summed E-state index contributed by atoms with van der Waals surface area (Å²) in [4.78, 5) is 28.2. The van der Waals surface area contributed by atoms with E-state index in [2.05, 4.69) is 13.8 Å². The van der Waals surface area contributed by atoms with Gasteiger partial charge in [0.15, 0.2) is 0 Å². The Balaban J connectivity index is 1.62. The molecular weight excluding hydrogens is 386 g/mol. The van der Waals surface area contributed by atoms with Crippen LogP contribution in [0.15, 0.2) is 30.3 Å². The van der Waals surface area contributed by atoms with E-state index in [-0.39, 0.29) is 24.4 Å². The molecule has 0 spiro atoms. The van der Waals surface area contributed by atoms with Gasteiger partial charge >= 0.3 is 5.97 Å². The molecule has 1 aliphatic heterocycles. The number of hydrogen-bond acceptors (Lipinski definition) is 3.